The molecule has 0 aromatic carbocycles. The van der Waals surface area contributed by atoms with Crippen LogP contribution in [0.2, 0.25) is 0 Å². The summed E-state index contributed by atoms with van der Waals surface area (Å²) in [5.41, 5.74) is 0. The lowest BCUT2D eigenvalue weighted by Crippen LogP contribution is -2.45. The standard InChI is InChI=1S/C52H103N2O6P/c1-6-8-10-12-14-16-18-20-22-24-26-27-28-29-31-33-35-37-39-41-43-45-51(55)50(49-60-61(57,58)59-48-47-54(3,4)5)53-52(56)46-44-42-40-38-36-34-32-30-25-23-21-19-17-15-13-11-9-7-2/h35,37,43,45,50-51,55H,6-34,36,38-42,44,46-49H2,1-5H3,(H-,53,56,57,58)/p+1/b37-35+,45-43+. The molecular weight excluding hydrogens is 780 g/mol. The molecule has 0 rings (SSSR count). The van der Waals surface area contributed by atoms with Crippen LogP contribution in [0.25, 0.3) is 0 Å². The lowest BCUT2D eigenvalue weighted by atomic mass is 10.0. The number of phosphoric ester groups is 1. The highest BCUT2D eigenvalue weighted by Gasteiger charge is 2.27. The molecule has 362 valence electrons. The van der Waals surface area contributed by atoms with Gasteiger partial charge in [-0.15, -0.1) is 0 Å². The number of phosphoric acid groups is 1. The predicted molar refractivity (Wildman–Crippen MR) is 263 cm³/mol. The number of nitrogens with zero attached hydrogens (tertiary/aromatic N) is 1. The Kier molecular flexibility index (Phi) is 43.5. The molecule has 8 nitrogen and oxygen atoms in total. The molecular formula is C52H104N2O6P+. The normalized spacial score (nSPS) is 14.3. The van der Waals surface area contributed by atoms with E-state index in [1.807, 2.05) is 27.2 Å². The van der Waals surface area contributed by atoms with Gasteiger partial charge in [0.1, 0.15) is 13.2 Å². The number of rotatable bonds is 48. The number of amides is 1. The molecule has 61 heavy (non-hydrogen) atoms. The van der Waals surface area contributed by atoms with Gasteiger partial charge < -0.3 is 19.8 Å². The minimum absolute atomic E-state index is 0.0586. The second kappa shape index (κ2) is 44.2. The summed E-state index contributed by atoms with van der Waals surface area (Å²) in [6, 6.07) is -0.859. The van der Waals surface area contributed by atoms with E-state index in [4.69, 9.17) is 9.05 Å². The number of quaternary nitrogens is 1. The van der Waals surface area contributed by atoms with Crippen molar-refractivity contribution in [2.24, 2.45) is 0 Å². The van der Waals surface area contributed by atoms with Gasteiger partial charge >= 0.3 is 7.82 Å². The van der Waals surface area contributed by atoms with Crippen LogP contribution in [0.1, 0.15) is 251 Å². The summed E-state index contributed by atoms with van der Waals surface area (Å²) in [5.74, 6) is -0.182. The number of hydrogen-bond acceptors (Lipinski definition) is 5. The van der Waals surface area contributed by atoms with Crippen LogP contribution >= 0.6 is 7.82 Å². The number of likely N-dealkylation sites (N-methyl/N-ethyl adjacent to an activating group) is 1. The smallest absolute Gasteiger partial charge is 0.387 e. The van der Waals surface area contributed by atoms with E-state index in [0.29, 0.717) is 17.4 Å². The second-order valence-corrected chi connectivity index (χ2v) is 20.7. The Labute approximate surface area is 379 Å². The molecule has 0 aliphatic rings. The zero-order valence-corrected chi connectivity index (χ0v) is 42.1. The van der Waals surface area contributed by atoms with Crippen molar-refractivity contribution in [1.82, 2.24) is 5.32 Å². The first-order chi connectivity index (χ1) is 29.5. The molecule has 0 aromatic heterocycles. The zero-order chi connectivity index (χ0) is 45.0. The Balaban J connectivity index is 4.32. The summed E-state index contributed by atoms with van der Waals surface area (Å²) in [4.78, 5) is 23.2. The molecule has 0 spiro atoms. The van der Waals surface area contributed by atoms with Crippen LogP contribution in [0, 0.1) is 0 Å². The third-order valence-corrected chi connectivity index (χ3v) is 12.9. The predicted octanol–water partition coefficient (Wildman–Crippen LogP) is 15.3. The average Bonchev–Trinajstić information content (AvgIpc) is 3.21. The number of unbranched alkanes of at least 4 members (excludes halogenated alkanes) is 33. The quantitative estimate of drug-likeness (QED) is 0.0243. The molecule has 0 aliphatic carbocycles. The number of hydrogen-bond donors (Lipinski definition) is 3. The summed E-state index contributed by atoms with van der Waals surface area (Å²) in [6.07, 6.45) is 54.1. The van der Waals surface area contributed by atoms with E-state index in [1.54, 1.807) is 6.08 Å². The highest BCUT2D eigenvalue weighted by Crippen LogP contribution is 2.43. The van der Waals surface area contributed by atoms with Gasteiger partial charge in [-0.1, -0.05) is 237 Å². The van der Waals surface area contributed by atoms with Crippen LogP contribution in [0.4, 0.5) is 0 Å². The van der Waals surface area contributed by atoms with Crippen molar-refractivity contribution in [2.75, 3.05) is 40.9 Å². The van der Waals surface area contributed by atoms with E-state index in [2.05, 4.69) is 31.3 Å². The fourth-order valence-corrected chi connectivity index (χ4v) is 8.50. The summed E-state index contributed by atoms with van der Waals surface area (Å²) in [6.45, 7) is 4.83. The van der Waals surface area contributed by atoms with Crippen molar-refractivity contribution >= 4 is 13.7 Å². The Morgan fingerprint density at radius 2 is 0.902 bits per heavy atom. The van der Waals surface area contributed by atoms with Crippen LogP contribution in [0.15, 0.2) is 24.3 Å². The SMILES string of the molecule is CCCCCCCCCCCCCCCCC/C=C/CC/C=C/C(O)C(COP(=O)(O)OCC[N+](C)(C)C)NC(=O)CCCCCCCCCCCCCCCCCCCC. The van der Waals surface area contributed by atoms with E-state index in [1.165, 1.54) is 193 Å². The molecule has 0 radical (unpaired) electrons. The largest absolute Gasteiger partial charge is 0.472 e. The van der Waals surface area contributed by atoms with E-state index in [9.17, 15) is 19.4 Å². The third kappa shape index (κ3) is 46.8. The first-order valence-electron chi connectivity index (χ1n) is 26.2. The van der Waals surface area contributed by atoms with Crippen LogP contribution in [0.3, 0.4) is 0 Å². The highest BCUT2D eigenvalue weighted by molar-refractivity contribution is 7.47. The Morgan fingerprint density at radius 1 is 0.541 bits per heavy atom. The van der Waals surface area contributed by atoms with Gasteiger partial charge in [-0.05, 0) is 32.1 Å². The molecule has 0 saturated carbocycles. The van der Waals surface area contributed by atoms with Crippen molar-refractivity contribution in [1.29, 1.82) is 0 Å². The number of allylic oxidation sites excluding steroid dienone is 3. The molecule has 0 aromatic rings. The number of carbonyl (C=O) groups is 1. The van der Waals surface area contributed by atoms with Crippen LogP contribution < -0.4 is 5.32 Å². The molecule has 3 unspecified atom stereocenters. The lowest BCUT2D eigenvalue weighted by Gasteiger charge is -2.25. The average molecular weight is 884 g/mol. The Morgan fingerprint density at radius 3 is 1.31 bits per heavy atom. The molecule has 0 bridgehead atoms. The maximum atomic E-state index is 12.9. The van der Waals surface area contributed by atoms with E-state index in [0.717, 1.165) is 38.5 Å². The maximum absolute atomic E-state index is 12.9. The topological polar surface area (TPSA) is 105 Å². The van der Waals surface area contributed by atoms with Crippen LogP contribution in [0.5, 0.6) is 0 Å². The van der Waals surface area contributed by atoms with Crippen LogP contribution in [-0.4, -0.2) is 73.4 Å². The molecule has 0 heterocycles. The summed E-state index contributed by atoms with van der Waals surface area (Å²) >= 11 is 0. The minimum Gasteiger partial charge on any atom is -0.387 e. The maximum Gasteiger partial charge on any atom is 0.472 e. The number of nitrogens with one attached hydrogen (secondary N) is 1. The molecule has 1 amide bonds. The van der Waals surface area contributed by atoms with Crippen molar-refractivity contribution in [3.63, 3.8) is 0 Å². The van der Waals surface area contributed by atoms with Crippen LogP contribution in [-0.2, 0) is 18.4 Å². The molecule has 3 atom stereocenters. The number of aliphatic hydroxyl groups is 1. The van der Waals surface area contributed by atoms with Crippen molar-refractivity contribution in [3.8, 4) is 0 Å². The van der Waals surface area contributed by atoms with Crippen molar-refractivity contribution in [2.45, 2.75) is 264 Å². The summed E-state index contributed by atoms with van der Waals surface area (Å²) < 4.78 is 23.6. The zero-order valence-electron chi connectivity index (χ0n) is 41.2. The second-order valence-electron chi connectivity index (χ2n) is 19.3. The van der Waals surface area contributed by atoms with Gasteiger partial charge in [-0.3, -0.25) is 13.8 Å². The Bertz CT molecular complexity index is 1050. The lowest BCUT2D eigenvalue weighted by molar-refractivity contribution is -0.870. The van der Waals surface area contributed by atoms with E-state index in [-0.39, 0.29) is 19.1 Å². The van der Waals surface area contributed by atoms with Gasteiger partial charge in [0.15, 0.2) is 0 Å². The molecule has 3 N–H and O–H groups in total. The molecule has 0 aliphatic heterocycles. The van der Waals surface area contributed by atoms with E-state index < -0.39 is 20.0 Å². The first-order valence-corrected chi connectivity index (χ1v) is 27.7. The van der Waals surface area contributed by atoms with E-state index >= 15 is 0 Å². The van der Waals surface area contributed by atoms with Gasteiger partial charge in [-0.2, -0.15) is 0 Å². The number of carbonyl (C=O) groups excluding carboxylic acids is 1. The molecule has 0 saturated heterocycles. The van der Waals surface area contributed by atoms with Gasteiger partial charge in [0.25, 0.3) is 0 Å². The highest BCUT2D eigenvalue weighted by atomic mass is 31.2. The fraction of sp³-hybridized carbons (Fsp3) is 0.904. The molecule has 0 fully saturated rings. The summed E-state index contributed by atoms with van der Waals surface area (Å²) in [7, 11) is 1.57. The Hall–Kier alpha value is -1.02. The molecule has 9 heteroatoms. The van der Waals surface area contributed by atoms with Gasteiger partial charge in [0.2, 0.25) is 5.91 Å². The van der Waals surface area contributed by atoms with Gasteiger partial charge in [-0.25, -0.2) is 4.57 Å². The van der Waals surface area contributed by atoms with Crippen molar-refractivity contribution < 1.29 is 32.9 Å². The minimum atomic E-state index is -4.35. The number of aliphatic hydroxyl groups excluding tert-OH is 1. The monoisotopic (exact) mass is 884 g/mol. The first kappa shape index (κ1) is 60.0. The van der Waals surface area contributed by atoms with Gasteiger partial charge in [0.05, 0.1) is 39.9 Å². The van der Waals surface area contributed by atoms with Crippen molar-refractivity contribution in [3.05, 3.63) is 24.3 Å². The third-order valence-electron chi connectivity index (χ3n) is 11.9. The van der Waals surface area contributed by atoms with Gasteiger partial charge in [0, 0.05) is 6.42 Å². The fourth-order valence-electron chi connectivity index (χ4n) is 7.77. The summed E-state index contributed by atoms with van der Waals surface area (Å²) in [5, 5.41) is 13.9.